The summed E-state index contributed by atoms with van der Waals surface area (Å²) >= 11 is 0. The second kappa shape index (κ2) is 3.70. The lowest BCUT2D eigenvalue weighted by atomic mass is 10.1. The van der Waals surface area contributed by atoms with Crippen molar-refractivity contribution < 1.29 is 4.42 Å². The largest absolute Gasteiger partial charge is 0.466 e. The molecule has 3 aromatic rings. The third-order valence-electron chi connectivity index (χ3n) is 3.28. The van der Waals surface area contributed by atoms with Gasteiger partial charge in [-0.3, -0.25) is 0 Å². The normalized spacial score (nSPS) is 11.3. The third kappa shape index (κ3) is 1.53. The van der Waals surface area contributed by atoms with Crippen molar-refractivity contribution in [2.75, 3.05) is 0 Å². The molecule has 3 heterocycles. The Morgan fingerprint density at radius 2 is 1.78 bits per heavy atom. The number of aromatic nitrogens is 3. The molecular weight excluding hydrogens is 226 g/mol. The van der Waals surface area contributed by atoms with Crippen LogP contribution in [0.4, 0.5) is 0 Å². The smallest absolute Gasteiger partial charge is 0.178 e. The molecule has 0 amide bonds. The summed E-state index contributed by atoms with van der Waals surface area (Å²) in [5.41, 5.74) is 4.85. The molecule has 0 atom stereocenters. The highest BCUT2D eigenvalue weighted by atomic mass is 16.3. The minimum Gasteiger partial charge on any atom is -0.466 e. The fourth-order valence-corrected chi connectivity index (χ4v) is 2.25. The van der Waals surface area contributed by atoms with Crippen LogP contribution in [0.1, 0.15) is 22.8 Å². The summed E-state index contributed by atoms with van der Waals surface area (Å²) in [6.45, 7) is 7.94. The number of aryl methyl sites for hydroxylation is 3. The molecule has 0 fully saturated rings. The Balaban J connectivity index is 2.25. The van der Waals surface area contributed by atoms with Crippen LogP contribution < -0.4 is 0 Å². The minimum absolute atomic E-state index is 0.752. The van der Waals surface area contributed by atoms with Crippen molar-refractivity contribution in [3.05, 3.63) is 34.9 Å². The maximum atomic E-state index is 5.64. The van der Waals surface area contributed by atoms with Gasteiger partial charge in [0.1, 0.15) is 17.3 Å². The van der Waals surface area contributed by atoms with Crippen LogP contribution in [0.15, 0.2) is 16.5 Å². The van der Waals surface area contributed by atoms with E-state index >= 15 is 0 Å². The zero-order chi connectivity index (χ0) is 12.9. The standard InChI is InChI=1S/C14H15N3O/c1-7-5-6-11-13(15-7)17-14(16-11)12-8(2)9(3)18-10(12)4/h5-6H,1-4H3,(H,15,16,17). The lowest BCUT2D eigenvalue weighted by Crippen LogP contribution is -1.84. The maximum Gasteiger partial charge on any atom is 0.178 e. The zero-order valence-corrected chi connectivity index (χ0v) is 11.0. The summed E-state index contributed by atoms with van der Waals surface area (Å²) in [5, 5.41) is 0. The van der Waals surface area contributed by atoms with Gasteiger partial charge in [0.05, 0.1) is 11.1 Å². The fourth-order valence-electron chi connectivity index (χ4n) is 2.25. The molecule has 0 saturated carbocycles. The Labute approximate surface area is 105 Å². The van der Waals surface area contributed by atoms with Crippen LogP contribution in [-0.2, 0) is 0 Å². The quantitative estimate of drug-likeness (QED) is 0.710. The van der Waals surface area contributed by atoms with Gasteiger partial charge in [0, 0.05) is 11.3 Å². The molecule has 0 saturated heterocycles. The number of H-pyrrole nitrogens is 1. The van der Waals surface area contributed by atoms with Crippen LogP contribution in [0.25, 0.3) is 22.6 Å². The average molecular weight is 241 g/mol. The van der Waals surface area contributed by atoms with Crippen LogP contribution in [-0.4, -0.2) is 15.0 Å². The van der Waals surface area contributed by atoms with Crippen molar-refractivity contribution in [3.8, 4) is 11.4 Å². The van der Waals surface area contributed by atoms with Gasteiger partial charge in [-0.05, 0) is 39.8 Å². The van der Waals surface area contributed by atoms with Crippen LogP contribution in [0, 0.1) is 27.7 Å². The molecule has 4 nitrogen and oxygen atoms in total. The van der Waals surface area contributed by atoms with Gasteiger partial charge in [0.25, 0.3) is 0 Å². The van der Waals surface area contributed by atoms with Gasteiger partial charge in [-0.2, -0.15) is 0 Å². The molecule has 1 N–H and O–H groups in total. The molecule has 92 valence electrons. The van der Waals surface area contributed by atoms with E-state index in [0.29, 0.717) is 0 Å². The number of aromatic amines is 1. The lowest BCUT2D eigenvalue weighted by molar-refractivity contribution is 0.503. The topological polar surface area (TPSA) is 54.7 Å². The molecule has 0 radical (unpaired) electrons. The number of nitrogens with one attached hydrogen (secondary N) is 1. The van der Waals surface area contributed by atoms with Crippen LogP contribution in [0.3, 0.4) is 0 Å². The number of nitrogens with zero attached hydrogens (tertiary/aromatic N) is 2. The SMILES string of the molecule is Cc1ccc2[nH]c(-c3c(C)oc(C)c3C)nc2n1. The monoisotopic (exact) mass is 241 g/mol. The van der Waals surface area contributed by atoms with E-state index in [0.717, 1.165) is 45.3 Å². The first-order valence-corrected chi connectivity index (χ1v) is 5.96. The van der Waals surface area contributed by atoms with Crippen LogP contribution in [0.2, 0.25) is 0 Å². The molecule has 3 aromatic heterocycles. The summed E-state index contributed by atoms with van der Waals surface area (Å²) in [5.74, 6) is 2.66. The van der Waals surface area contributed by atoms with Crippen molar-refractivity contribution >= 4 is 11.2 Å². The van der Waals surface area contributed by atoms with Crippen LogP contribution in [0.5, 0.6) is 0 Å². The van der Waals surface area contributed by atoms with Crippen molar-refractivity contribution in [3.63, 3.8) is 0 Å². The predicted octanol–water partition coefficient (Wildman–Crippen LogP) is 3.45. The van der Waals surface area contributed by atoms with Gasteiger partial charge < -0.3 is 9.40 Å². The Hall–Kier alpha value is -2.10. The summed E-state index contributed by atoms with van der Waals surface area (Å²) in [6.07, 6.45) is 0. The highest BCUT2D eigenvalue weighted by molar-refractivity contribution is 5.77. The molecule has 0 aliphatic heterocycles. The van der Waals surface area contributed by atoms with Gasteiger partial charge in [-0.1, -0.05) is 0 Å². The summed E-state index contributed by atoms with van der Waals surface area (Å²) in [6, 6.07) is 3.98. The summed E-state index contributed by atoms with van der Waals surface area (Å²) in [4.78, 5) is 12.3. The van der Waals surface area contributed by atoms with E-state index in [2.05, 4.69) is 15.0 Å². The minimum atomic E-state index is 0.752. The molecule has 3 rings (SSSR count). The third-order valence-corrected chi connectivity index (χ3v) is 3.28. The van der Waals surface area contributed by atoms with Gasteiger partial charge in [-0.15, -0.1) is 0 Å². The fraction of sp³-hybridized carbons (Fsp3) is 0.286. The Bertz CT molecular complexity index is 737. The van der Waals surface area contributed by atoms with Crippen molar-refractivity contribution in [1.29, 1.82) is 0 Å². The first kappa shape index (κ1) is 11.0. The zero-order valence-electron chi connectivity index (χ0n) is 11.0. The molecule has 0 bridgehead atoms. The van der Waals surface area contributed by atoms with E-state index in [1.54, 1.807) is 0 Å². The highest BCUT2D eigenvalue weighted by Crippen LogP contribution is 2.30. The molecule has 0 aromatic carbocycles. The molecule has 0 spiro atoms. The molecule has 0 aliphatic rings. The Kier molecular flexibility index (Phi) is 2.26. The summed E-state index contributed by atoms with van der Waals surface area (Å²) in [7, 11) is 0. The first-order valence-electron chi connectivity index (χ1n) is 5.96. The predicted molar refractivity (Wildman–Crippen MR) is 70.5 cm³/mol. The molecule has 0 aliphatic carbocycles. The molecule has 18 heavy (non-hydrogen) atoms. The van der Waals surface area contributed by atoms with E-state index in [4.69, 9.17) is 4.42 Å². The van der Waals surface area contributed by atoms with E-state index in [1.165, 1.54) is 0 Å². The van der Waals surface area contributed by atoms with Crippen LogP contribution >= 0.6 is 0 Å². The number of fused-ring (bicyclic) bond motifs is 1. The summed E-state index contributed by atoms with van der Waals surface area (Å²) < 4.78 is 5.64. The molecule has 4 heteroatoms. The number of pyridine rings is 1. The van der Waals surface area contributed by atoms with E-state index in [-0.39, 0.29) is 0 Å². The molecular formula is C14H15N3O. The number of imidazole rings is 1. The second-order valence-electron chi connectivity index (χ2n) is 4.62. The van der Waals surface area contributed by atoms with Gasteiger partial charge in [0.2, 0.25) is 0 Å². The highest BCUT2D eigenvalue weighted by Gasteiger charge is 2.16. The van der Waals surface area contributed by atoms with E-state index in [1.807, 2.05) is 39.8 Å². The Morgan fingerprint density at radius 3 is 2.44 bits per heavy atom. The van der Waals surface area contributed by atoms with Gasteiger partial charge >= 0.3 is 0 Å². The number of furan rings is 1. The van der Waals surface area contributed by atoms with Gasteiger partial charge in [0.15, 0.2) is 5.65 Å². The second-order valence-corrected chi connectivity index (χ2v) is 4.62. The number of hydrogen-bond acceptors (Lipinski definition) is 3. The number of rotatable bonds is 1. The first-order chi connectivity index (χ1) is 8.56. The maximum absolute atomic E-state index is 5.64. The van der Waals surface area contributed by atoms with E-state index < -0.39 is 0 Å². The van der Waals surface area contributed by atoms with Crippen molar-refractivity contribution in [1.82, 2.24) is 15.0 Å². The van der Waals surface area contributed by atoms with Crippen molar-refractivity contribution in [2.45, 2.75) is 27.7 Å². The number of hydrogen-bond donors (Lipinski definition) is 1. The van der Waals surface area contributed by atoms with E-state index in [9.17, 15) is 0 Å². The average Bonchev–Trinajstić information content (AvgIpc) is 2.80. The van der Waals surface area contributed by atoms with Gasteiger partial charge in [-0.25, -0.2) is 9.97 Å². The lowest BCUT2D eigenvalue weighted by Gasteiger charge is -1.94. The Morgan fingerprint density at radius 1 is 1.00 bits per heavy atom. The van der Waals surface area contributed by atoms with Crippen molar-refractivity contribution in [2.24, 2.45) is 0 Å². The molecule has 0 unspecified atom stereocenters.